The van der Waals surface area contributed by atoms with Gasteiger partial charge < -0.3 is 0 Å². The Morgan fingerprint density at radius 2 is 2.07 bits per heavy atom. The van der Waals surface area contributed by atoms with Gasteiger partial charge in [-0.2, -0.15) is 4.37 Å². The summed E-state index contributed by atoms with van der Waals surface area (Å²) in [6, 6.07) is 6.64. The Morgan fingerprint density at radius 1 is 1.29 bits per heavy atom. The van der Waals surface area contributed by atoms with Crippen LogP contribution in [0.1, 0.15) is 26.3 Å². The average Bonchev–Trinajstić information content (AvgIpc) is 2.47. The van der Waals surface area contributed by atoms with Crippen molar-refractivity contribution in [2.75, 3.05) is 0 Å². The summed E-state index contributed by atoms with van der Waals surface area (Å²) in [4.78, 5) is 0. The third kappa shape index (κ3) is 2.13. The minimum atomic E-state index is 0.359. The van der Waals surface area contributed by atoms with Crippen LogP contribution in [0.25, 0.3) is 10.1 Å². The zero-order valence-corrected chi connectivity index (χ0v) is 9.69. The number of aromatic nitrogens is 1. The molecule has 2 heteroatoms. The Kier molecular flexibility index (Phi) is 2.31. The molecule has 0 aliphatic carbocycles. The topological polar surface area (TPSA) is 12.9 Å². The van der Waals surface area contributed by atoms with E-state index in [4.69, 9.17) is 0 Å². The summed E-state index contributed by atoms with van der Waals surface area (Å²) in [5.41, 5.74) is 1.77. The standard InChI is InChI=1S/C12H15NS/c1-12(2,3)7-9-4-5-10-8-13-14-11(10)6-9/h4-6,8H,7H2,1-3H3. The highest BCUT2D eigenvalue weighted by Gasteiger charge is 2.11. The van der Waals surface area contributed by atoms with E-state index in [0.29, 0.717) is 5.41 Å². The molecule has 1 aromatic carbocycles. The van der Waals surface area contributed by atoms with E-state index in [-0.39, 0.29) is 0 Å². The maximum atomic E-state index is 4.18. The largest absolute Gasteiger partial charge is 0.200 e. The zero-order valence-electron chi connectivity index (χ0n) is 8.87. The van der Waals surface area contributed by atoms with Gasteiger partial charge >= 0.3 is 0 Å². The Morgan fingerprint density at radius 3 is 2.79 bits per heavy atom. The van der Waals surface area contributed by atoms with Crippen LogP contribution in [0.4, 0.5) is 0 Å². The molecule has 0 bridgehead atoms. The Labute approximate surface area is 88.9 Å². The minimum Gasteiger partial charge on any atom is -0.200 e. The summed E-state index contributed by atoms with van der Waals surface area (Å²) in [6.45, 7) is 6.80. The lowest BCUT2D eigenvalue weighted by Gasteiger charge is -2.17. The lowest BCUT2D eigenvalue weighted by Crippen LogP contribution is -2.08. The first-order chi connectivity index (χ1) is 6.54. The second-order valence-corrected chi connectivity index (χ2v) is 5.77. The van der Waals surface area contributed by atoms with E-state index >= 15 is 0 Å². The third-order valence-electron chi connectivity index (χ3n) is 2.16. The van der Waals surface area contributed by atoms with Crippen LogP contribution in [0.2, 0.25) is 0 Å². The van der Waals surface area contributed by atoms with E-state index < -0.39 is 0 Å². The molecule has 0 spiro atoms. The summed E-state index contributed by atoms with van der Waals surface area (Å²) >= 11 is 1.58. The fourth-order valence-corrected chi connectivity index (χ4v) is 2.34. The highest BCUT2D eigenvalue weighted by atomic mass is 32.1. The van der Waals surface area contributed by atoms with Gasteiger partial charge in [-0.25, -0.2) is 0 Å². The van der Waals surface area contributed by atoms with Crippen LogP contribution >= 0.6 is 11.5 Å². The van der Waals surface area contributed by atoms with Crippen molar-refractivity contribution in [2.45, 2.75) is 27.2 Å². The zero-order chi connectivity index (χ0) is 10.2. The van der Waals surface area contributed by atoms with E-state index in [9.17, 15) is 0 Å². The fraction of sp³-hybridized carbons (Fsp3) is 0.417. The van der Waals surface area contributed by atoms with Crippen molar-refractivity contribution >= 4 is 21.6 Å². The molecule has 0 aliphatic rings. The number of rotatable bonds is 1. The Balaban J connectivity index is 2.35. The smallest absolute Gasteiger partial charge is 0.0552 e. The van der Waals surface area contributed by atoms with Crippen molar-refractivity contribution in [3.63, 3.8) is 0 Å². The van der Waals surface area contributed by atoms with Crippen molar-refractivity contribution in [3.05, 3.63) is 30.0 Å². The summed E-state index contributed by atoms with van der Waals surface area (Å²) in [7, 11) is 0. The van der Waals surface area contributed by atoms with Crippen LogP contribution in [0.5, 0.6) is 0 Å². The molecule has 0 aliphatic heterocycles. The molecule has 0 amide bonds. The van der Waals surface area contributed by atoms with Crippen LogP contribution in [-0.4, -0.2) is 4.37 Å². The molecule has 2 aromatic rings. The van der Waals surface area contributed by atoms with Crippen molar-refractivity contribution in [1.82, 2.24) is 4.37 Å². The molecular weight excluding hydrogens is 190 g/mol. The predicted molar refractivity (Wildman–Crippen MR) is 62.8 cm³/mol. The van der Waals surface area contributed by atoms with Gasteiger partial charge in [0.15, 0.2) is 0 Å². The first-order valence-corrected chi connectivity index (χ1v) is 5.65. The van der Waals surface area contributed by atoms with E-state index in [1.165, 1.54) is 15.6 Å². The van der Waals surface area contributed by atoms with Gasteiger partial charge in [0.2, 0.25) is 0 Å². The number of nitrogens with zero attached hydrogens (tertiary/aromatic N) is 1. The first kappa shape index (κ1) is 9.66. The average molecular weight is 205 g/mol. The number of fused-ring (bicyclic) bond motifs is 1. The van der Waals surface area contributed by atoms with Gasteiger partial charge in [0.1, 0.15) is 0 Å². The molecule has 1 aromatic heterocycles. The van der Waals surface area contributed by atoms with Gasteiger partial charge in [-0.3, -0.25) is 0 Å². The molecule has 0 radical (unpaired) electrons. The quantitative estimate of drug-likeness (QED) is 0.688. The number of benzene rings is 1. The summed E-state index contributed by atoms with van der Waals surface area (Å²) in [5, 5.41) is 1.26. The van der Waals surface area contributed by atoms with Gasteiger partial charge in [0, 0.05) is 11.6 Å². The summed E-state index contributed by atoms with van der Waals surface area (Å²) in [5.74, 6) is 0. The van der Waals surface area contributed by atoms with Gasteiger partial charge in [-0.1, -0.05) is 32.9 Å². The molecule has 74 valence electrons. The molecule has 1 heterocycles. The first-order valence-electron chi connectivity index (χ1n) is 4.88. The molecule has 0 N–H and O–H groups in total. The molecule has 14 heavy (non-hydrogen) atoms. The van der Waals surface area contributed by atoms with E-state index in [2.05, 4.69) is 43.3 Å². The van der Waals surface area contributed by atoms with Crippen LogP contribution in [0.3, 0.4) is 0 Å². The third-order valence-corrected chi connectivity index (χ3v) is 2.92. The monoisotopic (exact) mass is 205 g/mol. The predicted octanol–water partition coefficient (Wildman–Crippen LogP) is 3.88. The molecule has 0 saturated heterocycles. The van der Waals surface area contributed by atoms with Gasteiger partial charge in [0.05, 0.1) is 4.70 Å². The number of hydrogen-bond acceptors (Lipinski definition) is 2. The number of hydrogen-bond donors (Lipinski definition) is 0. The van der Waals surface area contributed by atoms with Crippen LogP contribution < -0.4 is 0 Å². The lowest BCUT2D eigenvalue weighted by molar-refractivity contribution is 0.411. The normalized spacial score (nSPS) is 12.2. The van der Waals surface area contributed by atoms with Crippen molar-refractivity contribution in [2.24, 2.45) is 5.41 Å². The SMILES string of the molecule is CC(C)(C)Cc1ccc2cnsc2c1. The van der Waals surface area contributed by atoms with E-state index in [0.717, 1.165) is 6.42 Å². The Hall–Kier alpha value is -0.890. The fourth-order valence-electron chi connectivity index (χ4n) is 1.63. The van der Waals surface area contributed by atoms with Gasteiger partial charge in [-0.05, 0) is 35.0 Å². The molecule has 1 nitrogen and oxygen atoms in total. The van der Waals surface area contributed by atoms with E-state index in [1.54, 1.807) is 11.5 Å². The molecule has 0 unspecified atom stereocenters. The maximum absolute atomic E-state index is 4.18. The highest BCUT2D eigenvalue weighted by molar-refractivity contribution is 7.13. The highest BCUT2D eigenvalue weighted by Crippen LogP contribution is 2.25. The van der Waals surface area contributed by atoms with Crippen molar-refractivity contribution < 1.29 is 0 Å². The molecular formula is C12H15NS. The lowest BCUT2D eigenvalue weighted by atomic mass is 9.88. The molecule has 0 saturated carbocycles. The minimum absolute atomic E-state index is 0.359. The van der Waals surface area contributed by atoms with Crippen molar-refractivity contribution in [3.8, 4) is 0 Å². The van der Waals surface area contributed by atoms with E-state index in [1.807, 2.05) is 6.20 Å². The summed E-state index contributed by atoms with van der Waals surface area (Å²) in [6.07, 6.45) is 3.06. The molecule has 0 atom stereocenters. The second-order valence-electron chi connectivity index (χ2n) is 4.94. The second kappa shape index (κ2) is 3.35. The molecule has 2 rings (SSSR count). The summed E-state index contributed by atoms with van der Waals surface area (Å²) < 4.78 is 5.48. The maximum Gasteiger partial charge on any atom is 0.0552 e. The molecule has 0 fully saturated rings. The van der Waals surface area contributed by atoms with Crippen molar-refractivity contribution in [1.29, 1.82) is 0 Å². The van der Waals surface area contributed by atoms with Gasteiger partial charge in [-0.15, -0.1) is 0 Å². The van der Waals surface area contributed by atoms with Crippen LogP contribution in [0.15, 0.2) is 24.4 Å². The van der Waals surface area contributed by atoms with Gasteiger partial charge in [0.25, 0.3) is 0 Å². The van der Waals surface area contributed by atoms with Crippen LogP contribution in [0, 0.1) is 5.41 Å². The van der Waals surface area contributed by atoms with Crippen LogP contribution in [-0.2, 0) is 6.42 Å². The Bertz CT molecular complexity index is 437.